The van der Waals surface area contributed by atoms with Gasteiger partial charge in [0.15, 0.2) is 4.34 Å². The number of rotatable bonds is 5. The SMILES string of the molecule is CNc1nnc(S[C@@H](C)C(=O)Nc2cccc(Br)c2)s1. The Hall–Kier alpha value is -1.12. The predicted octanol–water partition coefficient (Wildman–Crippen LogP) is 3.46. The van der Waals surface area contributed by atoms with Crippen LogP contribution < -0.4 is 10.6 Å². The van der Waals surface area contributed by atoms with E-state index in [1.54, 1.807) is 7.05 Å². The van der Waals surface area contributed by atoms with E-state index >= 15 is 0 Å². The molecule has 1 aromatic heterocycles. The van der Waals surface area contributed by atoms with E-state index in [1.807, 2.05) is 31.2 Å². The normalized spacial score (nSPS) is 11.9. The molecule has 0 fully saturated rings. The Bertz CT molecular complexity index is 605. The van der Waals surface area contributed by atoms with Gasteiger partial charge in [0.05, 0.1) is 5.25 Å². The average molecular weight is 373 g/mol. The summed E-state index contributed by atoms with van der Waals surface area (Å²) in [5.74, 6) is -0.0608. The zero-order valence-electron chi connectivity index (χ0n) is 10.9. The van der Waals surface area contributed by atoms with Crippen molar-refractivity contribution in [3.8, 4) is 0 Å². The van der Waals surface area contributed by atoms with Crippen molar-refractivity contribution >= 4 is 55.8 Å². The summed E-state index contributed by atoms with van der Waals surface area (Å²) in [6.45, 7) is 1.85. The molecule has 1 heterocycles. The number of hydrogen-bond acceptors (Lipinski definition) is 6. The summed E-state index contributed by atoms with van der Waals surface area (Å²) >= 11 is 6.20. The Kier molecular flexibility index (Phi) is 5.38. The highest BCUT2D eigenvalue weighted by atomic mass is 79.9. The smallest absolute Gasteiger partial charge is 0.237 e. The van der Waals surface area contributed by atoms with Gasteiger partial charge in [0.2, 0.25) is 11.0 Å². The Balaban J connectivity index is 1.95. The molecule has 0 bridgehead atoms. The van der Waals surface area contributed by atoms with E-state index in [0.717, 1.165) is 19.6 Å². The molecule has 1 amide bonds. The number of amides is 1. The molecule has 2 rings (SSSR count). The van der Waals surface area contributed by atoms with Crippen molar-refractivity contribution in [3.63, 3.8) is 0 Å². The van der Waals surface area contributed by atoms with E-state index in [1.165, 1.54) is 23.1 Å². The van der Waals surface area contributed by atoms with Crippen LogP contribution in [0.15, 0.2) is 33.1 Å². The van der Waals surface area contributed by atoms with Crippen molar-refractivity contribution in [2.45, 2.75) is 16.5 Å². The lowest BCUT2D eigenvalue weighted by Gasteiger charge is -2.10. The van der Waals surface area contributed by atoms with Gasteiger partial charge >= 0.3 is 0 Å². The molecule has 0 saturated carbocycles. The Morgan fingerprint density at radius 1 is 1.45 bits per heavy atom. The third-order valence-electron chi connectivity index (χ3n) is 2.36. The monoisotopic (exact) mass is 372 g/mol. The number of hydrogen-bond donors (Lipinski definition) is 2. The zero-order valence-corrected chi connectivity index (χ0v) is 14.1. The first-order chi connectivity index (χ1) is 9.58. The van der Waals surface area contributed by atoms with Crippen LogP contribution in [-0.2, 0) is 4.79 Å². The number of carbonyl (C=O) groups is 1. The van der Waals surface area contributed by atoms with Gasteiger partial charge in [-0.1, -0.05) is 45.1 Å². The highest BCUT2D eigenvalue weighted by Crippen LogP contribution is 2.29. The molecule has 0 aliphatic carbocycles. The minimum atomic E-state index is -0.244. The zero-order chi connectivity index (χ0) is 14.5. The molecule has 20 heavy (non-hydrogen) atoms. The van der Waals surface area contributed by atoms with Gasteiger partial charge in [0.1, 0.15) is 0 Å². The maximum absolute atomic E-state index is 12.1. The number of anilines is 2. The number of halogens is 1. The molecule has 0 aliphatic rings. The number of nitrogens with zero attached hydrogens (tertiary/aromatic N) is 2. The van der Waals surface area contributed by atoms with Gasteiger partial charge in [-0.05, 0) is 25.1 Å². The van der Waals surface area contributed by atoms with Crippen molar-refractivity contribution in [1.29, 1.82) is 0 Å². The molecular formula is C12H13BrN4OS2. The van der Waals surface area contributed by atoms with Gasteiger partial charge in [-0.15, -0.1) is 10.2 Å². The number of thioether (sulfide) groups is 1. The molecule has 5 nitrogen and oxygen atoms in total. The van der Waals surface area contributed by atoms with Crippen molar-refractivity contribution in [2.24, 2.45) is 0 Å². The fourth-order valence-electron chi connectivity index (χ4n) is 1.37. The minimum Gasteiger partial charge on any atom is -0.363 e. The molecule has 0 aliphatic heterocycles. The molecule has 0 saturated heterocycles. The van der Waals surface area contributed by atoms with Crippen LogP contribution in [0.3, 0.4) is 0 Å². The molecule has 1 aromatic carbocycles. The Morgan fingerprint density at radius 3 is 2.90 bits per heavy atom. The number of aromatic nitrogens is 2. The first-order valence-electron chi connectivity index (χ1n) is 5.83. The average Bonchev–Trinajstić information content (AvgIpc) is 2.86. The highest BCUT2D eigenvalue weighted by molar-refractivity contribution is 9.10. The summed E-state index contributed by atoms with van der Waals surface area (Å²) in [5, 5.41) is 14.2. The summed E-state index contributed by atoms with van der Waals surface area (Å²) in [6.07, 6.45) is 0. The lowest BCUT2D eigenvalue weighted by Crippen LogP contribution is -2.22. The molecule has 0 spiro atoms. The van der Waals surface area contributed by atoms with Gasteiger partial charge in [0, 0.05) is 17.2 Å². The second-order valence-corrected chi connectivity index (χ2v) is 7.36. The molecule has 1 atom stereocenters. The van der Waals surface area contributed by atoms with Gasteiger partial charge in [-0.2, -0.15) is 0 Å². The fourth-order valence-corrected chi connectivity index (χ4v) is 3.62. The van der Waals surface area contributed by atoms with Crippen LogP contribution in [0, 0.1) is 0 Å². The fraction of sp³-hybridized carbons (Fsp3) is 0.250. The number of benzene rings is 1. The van der Waals surface area contributed by atoms with Crippen molar-refractivity contribution < 1.29 is 4.79 Å². The first kappa shape index (κ1) is 15.3. The molecule has 0 unspecified atom stereocenters. The number of nitrogens with one attached hydrogen (secondary N) is 2. The molecule has 8 heteroatoms. The Labute approximate surface area is 133 Å². The largest absolute Gasteiger partial charge is 0.363 e. The quantitative estimate of drug-likeness (QED) is 0.786. The molecule has 2 N–H and O–H groups in total. The van der Waals surface area contributed by atoms with E-state index in [-0.39, 0.29) is 11.2 Å². The lowest BCUT2D eigenvalue weighted by molar-refractivity contribution is -0.115. The highest BCUT2D eigenvalue weighted by Gasteiger charge is 2.17. The summed E-state index contributed by atoms with van der Waals surface area (Å²) in [5.41, 5.74) is 0.769. The number of carbonyl (C=O) groups excluding carboxylic acids is 1. The third-order valence-corrected chi connectivity index (χ3v) is 4.98. The maximum Gasteiger partial charge on any atom is 0.237 e. The van der Waals surface area contributed by atoms with E-state index in [0.29, 0.717) is 0 Å². The lowest BCUT2D eigenvalue weighted by atomic mass is 10.3. The van der Waals surface area contributed by atoms with Gasteiger partial charge in [-0.3, -0.25) is 4.79 Å². The van der Waals surface area contributed by atoms with E-state index in [2.05, 4.69) is 36.8 Å². The molecular weight excluding hydrogens is 360 g/mol. The van der Waals surface area contributed by atoms with Crippen molar-refractivity contribution in [1.82, 2.24) is 10.2 Å². The van der Waals surface area contributed by atoms with Crippen molar-refractivity contribution in [3.05, 3.63) is 28.7 Å². The Morgan fingerprint density at radius 2 is 2.25 bits per heavy atom. The summed E-state index contributed by atoms with van der Waals surface area (Å²) < 4.78 is 1.70. The van der Waals surface area contributed by atoms with Crippen LogP contribution in [0.4, 0.5) is 10.8 Å². The predicted molar refractivity (Wildman–Crippen MR) is 87.5 cm³/mol. The van der Waals surface area contributed by atoms with E-state index < -0.39 is 0 Å². The van der Waals surface area contributed by atoms with Crippen molar-refractivity contribution in [2.75, 3.05) is 17.7 Å². The van der Waals surface area contributed by atoms with Gasteiger partial charge in [-0.25, -0.2) is 0 Å². The standard InChI is InChI=1S/C12H13BrN4OS2/c1-7(19-12-17-16-11(14-2)20-12)10(18)15-9-5-3-4-8(13)6-9/h3-7H,1-2H3,(H,14,16)(H,15,18)/t7-/m0/s1. The topological polar surface area (TPSA) is 66.9 Å². The van der Waals surface area contributed by atoms with Crippen LogP contribution in [0.2, 0.25) is 0 Å². The molecule has 0 radical (unpaired) electrons. The second-order valence-electron chi connectivity index (χ2n) is 3.88. The van der Waals surface area contributed by atoms with Crippen LogP contribution in [-0.4, -0.2) is 28.4 Å². The minimum absolute atomic E-state index is 0.0608. The van der Waals surface area contributed by atoms with Crippen LogP contribution >= 0.6 is 39.0 Å². The van der Waals surface area contributed by atoms with Crippen LogP contribution in [0.25, 0.3) is 0 Å². The van der Waals surface area contributed by atoms with Crippen LogP contribution in [0.5, 0.6) is 0 Å². The summed E-state index contributed by atoms with van der Waals surface area (Å²) in [6, 6.07) is 7.50. The van der Waals surface area contributed by atoms with Crippen LogP contribution in [0.1, 0.15) is 6.92 Å². The summed E-state index contributed by atoms with van der Waals surface area (Å²) in [7, 11) is 1.79. The van der Waals surface area contributed by atoms with E-state index in [4.69, 9.17) is 0 Å². The second kappa shape index (κ2) is 7.05. The molecule has 2 aromatic rings. The van der Waals surface area contributed by atoms with Gasteiger partial charge in [0.25, 0.3) is 0 Å². The third kappa shape index (κ3) is 4.19. The molecule has 106 valence electrons. The maximum atomic E-state index is 12.1. The van der Waals surface area contributed by atoms with E-state index in [9.17, 15) is 4.79 Å². The van der Waals surface area contributed by atoms with Gasteiger partial charge < -0.3 is 10.6 Å². The first-order valence-corrected chi connectivity index (χ1v) is 8.31. The summed E-state index contributed by atoms with van der Waals surface area (Å²) in [4.78, 5) is 12.1.